The fourth-order valence-electron chi connectivity index (χ4n) is 2.36. The average molecular weight is 281 g/mol. The molecule has 0 aliphatic carbocycles. The first kappa shape index (κ1) is 14.8. The Bertz CT molecular complexity index is 480. The number of likely N-dealkylation sites (tertiary alicyclic amines) is 1. The summed E-state index contributed by atoms with van der Waals surface area (Å²) >= 11 is 0. The van der Waals surface area contributed by atoms with Crippen molar-refractivity contribution in [3.05, 3.63) is 35.4 Å². The normalized spacial score (nSPS) is 17.6. The lowest BCUT2D eigenvalue weighted by Gasteiger charge is -2.31. The van der Waals surface area contributed by atoms with Gasteiger partial charge >= 0.3 is 0 Å². The smallest absolute Gasteiger partial charge is 0.191 e. The van der Waals surface area contributed by atoms with Crippen molar-refractivity contribution in [1.29, 1.82) is 0 Å². The lowest BCUT2D eigenvalue weighted by atomic mass is 10.00. The third-order valence-corrected chi connectivity index (χ3v) is 3.77. The summed E-state index contributed by atoms with van der Waals surface area (Å²) in [6.45, 7) is 4.45. The molecule has 0 radical (unpaired) electrons. The van der Waals surface area contributed by atoms with E-state index in [9.17, 15) is 8.78 Å². The topological polar surface area (TPSA) is 41.6 Å². The highest BCUT2D eigenvalue weighted by Gasteiger charge is 2.16. The summed E-state index contributed by atoms with van der Waals surface area (Å²) in [6.07, 6.45) is 2.60. The van der Waals surface area contributed by atoms with Crippen LogP contribution < -0.4 is 5.73 Å². The lowest BCUT2D eigenvalue weighted by Crippen LogP contribution is -2.42. The highest BCUT2D eigenvalue weighted by Crippen LogP contribution is 2.15. The molecule has 1 aliphatic heterocycles. The van der Waals surface area contributed by atoms with Gasteiger partial charge in [-0.25, -0.2) is 8.78 Å². The molecule has 1 heterocycles. The van der Waals surface area contributed by atoms with Crippen molar-refractivity contribution in [2.45, 2.75) is 26.2 Å². The molecule has 1 fully saturated rings. The minimum absolute atomic E-state index is 0.341. The van der Waals surface area contributed by atoms with Crippen molar-refractivity contribution in [2.24, 2.45) is 16.6 Å². The van der Waals surface area contributed by atoms with Crippen LogP contribution in [0.25, 0.3) is 0 Å². The van der Waals surface area contributed by atoms with Gasteiger partial charge in [-0.15, -0.1) is 0 Å². The first-order valence-electron chi connectivity index (χ1n) is 7.05. The zero-order valence-corrected chi connectivity index (χ0v) is 11.8. The number of aliphatic imine (C=N–C) groups is 1. The second kappa shape index (κ2) is 6.68. The monoisotopic (exact) mass is 281 g/mol. The van der Waals surface area contributed by atoms with Gasteiger partial charge in [-0.1, -0.05) is 6.92 Å². The Morgan fingerprint density at radius 3 is 2.75 bits per heavy atom. The first-order chi connectivity index (χ1) is 9.56. The molecule has 20 heavy (non-hydrogen) atoms. The maximum atomic E-state index is 13.4. The molecule has 5 heteroatoms. The molecule has 0 unspecified atom stereocenters. The maximum Gasteiger partial charge on any atom is 0.191 e. The predicted molar refractivity (Wildman–Crippen MR) is 76.5 cm³/mol. The van der Waals surface area contributed by atoms with Crippen molar-refractivity contribution in [3.63, 3.8) is 0 Å². The molecule has 2 rings (SSSR count). The Balaban J connectivity index is 1.87. The van der Waals surface area contributed by atoms with Crippen LogP contribution in [0, 0.1) is 17.6 Å². The minimum Gasteiger partial charge on any atom is -0.370 e. The molecule has 0 bridgehead atoms. The van der Waals surface area contributed by atoms with Gasteiger partial charge in [0.1, 0.15) is 11.6 Å². The van der Waals surface area contributed by atoms with Gasteiger partial charge in [-0.05, 0) is 48.9 Å². The Morgan fingerprint density at radius 1 is 1.35 bits per heavy atom. The Labute approximate surface area is 118 Å². The third-order valence-electron chi connectivity index (χ3n) is 3.77. The number of halogens is 2. The van der Waals surface area contributed by atoms with Crippen LogP contribution in [0.3, 0.4) is 0 Å². The summed E-state index contributed by atoms with van der Waals surface area (Å²) < 4.78 is 26.5. The number of nitrogens with zero attached hydrogens (tertiary/aromatic N) is 2. The van der Waals surface area contributed by atoms with E-state index in [0.29, 0.717) is 24.5 Å². The van der Waals surface area contributed by atoms with Crippen LogP contribution in [-0.4, -0.2) is 30.5 Å². The van der Waals surface area contributed by atoms with Gasteiger partial charge in [-0.2, -0.15) is 0 Å². The lowest BCUT2D eigenvalue weighted by molar-refractivity contribution is 0.277. The van der Waals surface area contributed by atoms with Gasteiger partial charge in [0.25, 0.3) is 0 Å². The third kappa shape index (κ3) is 3.92. The van der Waals surface area contributed by atoms with E-state index in [-0.39, 0.29) is 0 Å². The Hall–Kier alpha value is -1.65. The number of rotatable bonds is 3. The first-order valence-corrected chi connectivity index (χ1v) is 7.05. The fraction of sp³-hybridized carbons (Fsp3) is 0.533. The van der Waals surface area contributed by atoms with Gasteiger partial charge in [0.15, 0.2) is 5.96 Å². The largest absolute Gasteiger partial charge is 0.370 e. The number of hydrogen-bond acceptors (Lipinski definition) is 1. The molecule has 110 valence electrons. The zero-order chi connectivity index (χ0) is 14.5. The van der Waals surface area contributed by atoms with Crippen LogP contribution in [0.5, 0.6) is 0 Å². The number of benzene rings is 1. The van der Waals surface area contributed by atoms with Crippen LogP contribution in [-0.2, 0) is 6.42 Å². The molecule has 1 aliphatic rings. The quantitative estimate of drug-likeness (QED) is 0.683. The summed E-state index contributed by atoms with van der Waals surface area (Å²) in [4.78, 5) is 6.33. The summed E-state index contributed by atoms with van der Waals surface area (Å²) in [7, 11) is 0. The summed E-state index contributed by atoms with van der Waals surface area (Å²) in [5.41, 5.74) is 6.28. The Morgan fingerprint density at radius 2 is 2.05 bits per heavy atom. The SMILES string of the molecule is CC1CCN(C(N)=NCCc2cc(F)ccc2F)CC1. The second-order valence-corrected chi connectivity index (χ2v) is 5.40. The molecule has 1 saturated heterocycles. The molecule has 0 saturated carbocycles. The highest BCUT2D eigenvalue weighted by molar-refractivity contribution is 5.78. The standard InChI is InChI=1S/C15H21F2N3/c1-11-5-8-20(9-6-11)15(18)19-7-4-12-10-13(16)2-3-14(12)17/h2-3,10-11H,4-9H2,1H3,(H2,18,19). The molecular weight excluding hydrogens is 260 g/mol. The van der Waals surface area contributed by atoms with Crippen molar-refractivity contribution >= 4 is 5.96 Å². The second-order valence-electron chi connectivity index (χ2n) is 5.40. The van der Waals surface area contributed by atoms with Crippen molar-refractivity contribution < 1.29 is 8.78 Å². The summed E-state index contributed by atoms with van der Waals surface area (Å²) in [5.74, 6) is 0.421. The highest BCUT2D eigenvalue weighted by atomic mass is 19.1. The van der Waals surface area contributed by atoms with Crippen molar-refractivity contribution in [3.8, 4) is 0 Å². The van der Waals surface area contributed by atoms with Gasteiger partial charge in [0.05, 0.1) is 0 Å². The molecule has 3 nitrogen and oxygen atoms in total. The Kier molecular flexibility index (Phi) is 4.93. The van der Waals surface area contributed by atoms with E-state index in [1.165, 1.54) is 6.07 Å². The van der Waals surface area contributed by atoms with E-state index in [0.717, 1.165) is 44.0 Å². The molecule has 1 aromatic rings. The van der Waals surface area contributed by atoms with E-state index in [2.05, 4.69) is 16.8 Å². The van der Waals surface area contributed by atoms with E-state index in [1.807, 2.05) is 0 Å². The maximum absolute atomic E-state index is 13.4. The summed E-state index contributed by atoms with van der Waals surface area (Å²) in [6, 6.07) is 3.47. The van der Waals surface area contributed by atoms with Gasteiger partial charge < -0.3 is 10.6 Å². The molecule has 0 aromatic heterocycles. The van der Waals surface area contributed by atoms with E-state index in [1.54, 1.807) is 0 Å². The summed E-state index contributed by atoms with van der Waals surface area (Å²) in [5, 5.41) is 0. The van der Waals surface area contributed by atoms with E-state index in [4.69, 9.17) is 5.73 Å². The predicted octanol–water partition coefficient (Wildman–Crippen LogP) is 2.55. The number of piperidine rings is 1. The van der Waals surface area contributed by atoms with E-state index < -0.39 is 11.6 Å². The minimum atomic E-state index is -0.427. The van der Waals surface area contributed by atoms with Crippen molar-refractivity contribution in [2.75, 3.05) is 19.6 Å². The van der Waals surface area contributed by atoms with E-state index >= 15 is 0 Å². The van der Waals surface area contributed by atoms with Gasteiger partial charge in [0.2, 0.25) is 0 Å². The van der Waals surface area contributed by atoms with Crippen LogP contribution >= 0.6 is 0 Å². The van der Waals surface area contributed by atoms with Crippen LogP contribution in [0.4, 0.5) is 8.78 Å². The van der Waals surface area contributed by atoms with Gasteiger partial charge in [0, 0.05) is 19.6 Å². The number of guanidine groups is 1. The zero-order valence-electron chi connectivity index (χ0n) is 11.8. The molecule has 0 spiro atoms. The average Bonchev–Trinajstić information content (AvgIpc) is 2.43. The number of nitrogens with two attached hydrogens (primary N) is 1. The van der Waals surface area contributed by atoms with Gasteiger partial charge in [-0.3, -0.25) is 4.99 Å². The molecule has 2 N–H and O–H groups in total. The molecule has 1 aromatic carbocycles. The van der Waals surface area contributed by atoms with Crippen LogP contribution in [0.1, 0.15) is 25.3 Å². The van der Waals surface area contributed by atoms with Crippen LogP contribution in [0.2, 0.25) is 0 Å². The van der Waals surface area contributed by atoms with Crippen molar-refractivity contribution in [1.82, 2.24) is 4.90 Å². The molecule has 0 atom stereocenters. The van der Waals surface area contributed by atoms with Crippen LogP contribution in [0.15, 0.2) is 23.2 Å². The number of hydrogen-bond donors (Lipinski definition) is 1. The molecular formula is C15H21F2N3. The molecule has 0 amide bonds. The fourth-order valence-corrected chi connectivity index (χ4v) is 2.36.